The van der Waals surface area contributed by atoms with Gasteiger partial charge in [0.25, 0.3) is 0 Å². The molecule has 3 amide bonds. The van der Waals surface area contributed by atoms with E-state index in [4.69, 9.17) is 5.73 Å². The maximum absolute atomic E-state index is 12.3. The number of nitrogens with two attached hydrogens (primary N) is 1. The predicted octanol–water partition coefficient (Wildman–Crippen LogP) is -0.271. The van der Waals surface area contributed by atoms with Gasteiger partial charge in [-0.3, -0.25) is 19.3 Å². The molecule has 0 aromatic rings. The lowest BCUT2D eigenvalue weighted by Crippen LogP contribution is -2.51. The Morgan fingerprint density at radius 3 is 2.46 bits per heavy atom. The van der Waals surface area contributed by atoms with Crippen LogP contribution in [0.2, 0.25) is 0 Å². The topological polar surface area (TPSA) is 117 Å². The number of nitrogens with one attached hydrogen (secondary N) is 3. The average molecular weight is 370 g/mol. The molecule has 1 saturated heterocycles. The molecule has 1 fully saturated rings. The van der Waals surface area contributed by atoms with Crippen molar-refractivity contribution in [2.24, 2.45) is 5.73 Å². The smallest absolute Gasteiger partial charge is 0.243 e. The van der Waals surface area contributed by atoms with Gasteiger partial charge in [0, 0.05) is 45.7 Å². The molecule has 0 unspecified atom stereocenters. The van der Waals surface area contributed by atoms with Gasteiger partial charge in [-0.1, -0.05) is 32.6 Å². The van der Waals surface area contributed by atoms with Crippen LogP contribution in [0.15, 0.2) is 0 Å². The fraction of sp³-hybridized carbons (Fsp3) is 0.833. The van der Waals surface area contributed by atoms with Gasteiger partial charge in [-0.2, -0.15) is 0 Å². The van der Waals surface area contributed by atoms with Crippen LogP contribution in [0.5, 0.6) is 0 Å². The second kappa shape index (κ2) is 13.5. The lowest BCUT2D eigenvalue weighted by atomic mass is 10.1. The minimum absolute atomic E-state index is 0.180. The lowest BCUT2D eigenvalue weighted by molar-refractivity contribution is -0.131. The fourth-order valence-corrected chi connectivity index (χ4v) is 2.96. The highest BCUT2D eigenvalue weighted by Crippen LogP contribution is 2.05. The van der Waals surface area contributed by atoms with Crippen molar-refractivity contribution in [2.45, 2.75) is 57.9 Å². The highest BCUT2D eigenvalue weighted by molar-refractivity contribution is 5.91. The molecule has 5 N–H and O–H groups in total. The average Bonchev–Trinajstić information content (AvgIpc) is 2.61. The number of primary amides is 1. The molecule has 0 spiro atoms. The van der Waals surface area contributed by atoms with Crippen LogP contribution in [0.3, 0.4) is 0 Å². The quantitative estimate of drug-likeness (QED) is 0.334. The standard InChI is InChI=1S/C18H35N5O3/c1-2-3-4-5-6-7-17(25)22-15(14-16(19)24)18(26)21-10-13-23-11-8-20-9-12-23/h15,20H,2-14H2,1H3,(H2,19,24)(H,21,26)(H,22,25)/t15-/m1/s1. The Hall–Kier alpha value is -1.67. The first kappa shape index (κ1) is 22.4. The molecular weight excluding hydrogens is 334 g/mol. The first-order valence-electron chi connectivity index (χ1n) is 9.81. The summed E-state index contributed by atoms with van der Waals surface area (Å²) in [4.78, 5) is 37.8. The number of rotatable bonds is 13. The first-order chi connectivity index (χ1) is 12.5. The van der Waals surface area contributed by atoms with Gasteiger partial charge in [0.15, 0.2) is 0 Å². The Morgan fingerprint density at radius 1 is 1.12 bits per heavy atom. The zero-order valence-corrected chi connectivity index (χ0v) is 16.0. The molecular formula is C18H35N5O3. The van der Waals surface area contributed by atoms with Crippen LogP contribution in [0, 0.1) is 0 Å². The highest BCUT2D eigenvalue weighted by Gasteiger charge is 2.22. The number of amides is 3. The summed E-state index contributed by atoms with van der Waals surface area (Å²) in [6.45, 7) is 7.19. The summed E-state index contributed by atoms with van der Waals surface area (Å²) in [5.41, 5.74) is 5.22. The number of hydrogen-bond donors (Lipinski definition) is 4. The summed E-state index contributed by atoms with van der Waals surface area (Å²) in [6, 6.07) is -0.890. The summed E-state index contributed by atoms with van der Waals surface area (Å²) in [7, 11) is 0. The van der Waals surface area contributed by atoms with Gasteiger partial charge >= 0.3 is 0 Å². The van der Waals surface area contributed by atoms with E-state index >= 15 is 0 Å². The van der Waals surface area contributed by atoms with Gasteiger partial charge in [0.1, 0.15) is 6.04 Å². The summed E-state index contributed by atoms with van der Waals surface area (Å²) >= 11 is 0. The minimum atomic E-state index is -0.890. The summed E-state index contributed by atoms with van der Waals surface area (Å²) in [5.74, 6) is -1.15. The number of hydrogen-bond acceptors (Lipinski definition) is 5. The molecule has 8 heteroatoms. The van der Waals surface area contributed by atoms with E-state index in [1.165, 1.54) is 6.42 Å². The second-order valence-electron chi connectivity index (χ2n) is 6.84. The summed E-state index contributed by atoms with van der Waals surface area (Å²) in [5, 5.41) is 8.73. The van der Waals surface area contributed by atoms with E-state index in [2.05, 4.69) is 27.8 Å². The number of piperazine rings is 1. The number of unbranched alkanes of at least 4 members (excludes halogenated alkanes) is 4. The highest BCUT2D eigenvalue weighted by atomic mass is 16.2. The number of carbonyl (C=O) groups is 3. The van der Waals surface area contributed by atoms with E-state index in [1.807, 2.05) is 0 Å². The summed E-state index contributed by atoms with van der Waals surface area (Å²) < 4.78 is 0. The lowest BCUT2D eigenvalue weighted by Gasteiger charge is -2.27. The van der Waals surface area contributed by atoms with Crippen LogP contribution < -0.4 is 21.7 Å². The van der Waals surface area contributed by atoms with Crippen LogP contribution in [0.25, 0.3) is 0 Å². The van der Waals surface area contributed by atoms with Crippen molar-refractivity contribution in [3.63, 3.8) is 0 Å². The number of nitrogens with zero attached hydrogens (tertiary/aromatic N) is 1. The van der Waals surface area contributed by atoms with Crippen molar-refractivity contribution in [3.8, 4) is 0 Å². The fourth-order valence-electron chi connectivity index (χ4n) is 2.96. The van der Waals surface area contributed by atoms with Gasteiger partial charge < -0.3 is 21.7 Å². The molecule has 150 valence electrons. The second-order valence-corrected chi connectivity index (χ2v) is 6.84. The van der Waals surface area contributed by atoms with E-state index in [-0.39, 0.29) is 18.2 Å². The van der Waals surface area contributed by atoms with Gasteiger partial charge in [0.05, 0.1) is 6.42 Å². The number of carbonyl (C=O) groups excluding carboxylic acids is 3. The van der Waals surface area contributed by atoms with Gasteiger partial charge in [-0.15, -0.1) is 0 Å². The minimum Gasteiger partial charge on any atom is -0.370 e. The Balaban J connectivity index is 2.32. The van der Waals surface area contributed by atoms with Crippen LogP contribution in [0.1, 0.15) is 51.9 Å². The maximum atomic E-state index is 12.3. The molecule has 1 atom stereocenters. The van der Waals surface area contributed by atoms with Crippen molar-refractivity contribution in [3.05, 3.63) is 0 Å². The third kappa shape index (κ3) is 10.4. The molecule has 0 aromatic carbocycles. The Morgan fingerprint density at radius 2 is 1.81 bits per heavy atom. The van der Waals surface area contributed by atoms with E-state index in [1.54, 1.807) is 0 Å². The Kier molecular flexibility index (Phi) is 11.6. The van der Waals surface area contributed by atoms with Crippen LogP contribution in [0.4, 0.5) is 0 Å². The molecule has 1 heterocycles. The third-order valence-electron chi connectivity index (χ3n) is 4.50. The molecule has 1 rings (SSSR count). The Labute approximate surface area is 156 Å². The SMILES string of the molecule is CCCCCCCC(=O)N[C@H](CC(N)=O)C(=O)NCCN1CCNCC1. The van der Waals surface area contributed by atoms with E-state index < -0.39 is 11.9 Å². The van der Waals surface area contributed by atoms with Crippen molar-refractivity contribution < 1.29 is 14.4 Å². The van der Waals surface area contributed by atoms with Crippen molar-refractivity contribution in [1.29, 1.82) is 0 Å². The van der Waals surface area contributed by atoms with E-state index in [0.29, 0.717) is 13.0 Å². The van der Waals surface area contributed by atoms with E-state index in [0.717, 1.165) is 58.4 Å². The van der Waals surface area contributed by atoms with Gasteiger partial charge in [-0.25, -0.2) is 0 Å². The zero-order valence-electron chi connectivity index (χ0n) is 16.0. The molecule has 1 aliphatic rings. The van der Waals surface area contributed by atoms with Crippen LogP contribution in [-0.2, 0) is 14.4 Å². The van der Waals surface area contributed by atoms with Crippen molar-refractivity contribution in [2.75, 3.05) is 39.3 Å². The molecule has 0 aromatic heterocycles. The molecule has 0 aliphatic carbocycles. The largest absolute Gasteiger partial charge is 0.370 e. The molecule has 1 aliphatic heterocycles. The van der Waals surface area contributed by atoms with Crippen molar-refractivity contribution >= 4 is 17.7 Å². The summed E-state index contributed by atoms with van der Waals surface area (Å²) in [6.07, 6.45) is 5.41. The monoisotopic (exact) mass is 369 g/mol. The zero-order chi connectivity index (χ0) is 19.2. The third-order valence-corrected chi connectivity index (χ3v) is 4.50. The van der Waals surface area contributed by atoms with Crippen molar-refractivity contribution in [1.82, 2.24) is 20.9 Å². The van der Waals surface area contributed by atoms with Crippen LogP contribution in [-0.4, -0.2) is 67.9 Å². The van der Waals surface area contributed by atoms with Crippen LogP contribution >= 0.6 is 0 Å². The van der Waals surface area contributed by atoms with E-state index in [9.17, 15) is 14.4 Å². The van der Waals surface area contributed by atoms with Gasteiger partial charge in [0.2, 0.25) is 17.7 Å². The molecule has 0 bridgehead atoms. The first-order valence-corrected chi connectivity index (χ1v) is 9.81. The molecule has 8 nitrogen and oxygen atoms in total. The Bertz CT molecular complexity index is 439. The molecule has 26 heavy (non-hydrogen) atoms. The predicted molar refractivity (Wildman–Crippen MR) is 101 cm³/mol. The maximum Gasteiger partial charge on any atom is 0.243 e. The normalized spacial score (nSPS) is 16.0. The molecule has 0 saturated carbocycles. The van der Waals surface area contributed by atoms with Gasteiger partial charge in [-0.05, 0) is 6.42 Å². The molecule has 0 radical (unpaired) electrons.